The summed E-state index contributed by atoms with van der Waals surface area (Å²) in [6.07, 6.45) is 0. The first-order valence-corrected chi connectivity index (χ1v) is 9.47. The van der Waals surface area contributed by atoms with Gasteiger partial charge in [-0.2, -0.15) is 0 Å². The Morgan fingerprint density at radius 2 is 1.85 bits per heavy atom. The van der Waals surface area contributed by atoms with Crippen molar-refractivity contribution in [3.63, 3.8) is 0 Å². The summed E-state index contributed by atoms with van der Waals surface area (Å²) >= 11 is 3.41. The second-order valence-corrected chi connectivity index (χ2v) is 7.72. The largest absolute Gasteiger partial charge is 0.450 e. The molecule has 4 rings (SSSR count). The van der Waals surface area contributed by atoms with Crippen LogP contribution < -0.4 is 5.43 Å². The first-order valence-electron chi connectivity index (χ1n) is 8.67. The predicted octanol–water partition coefficient (Wildman–Crippen LogP) is 3.71. The minimum absolute atomic E-state index is 0.0702. The van der Waals surface area contributed by atoms with E-state index in [1.54, 1.807) is 6.07 Å². The van der Waals surface area contributed by atoms with E-state index in [0.29, 0.717) is 16.5 Å². The number of benzene rings is 2. The Bertz CT molecular complexity index is 1120. The van der Waals surface area contributed by atoms with Gasteiger partial charge in [0.05, 0.1) is 23.6 Å². The molecular formula is C21H18BrNO4. The van der Waals surface area contributed by atoms with Crippen LogP contribution in [0.5, 0.6) is 0 Å². The Hall–Kier alpha value is -2.44. The topological polar surface area (TPSA) is 70.8 Å². The first-order chi connectivity index (χ1) is 12.9. The third kappa shape index (κ3) is 2.80. The Morgan fingerprint density at radius 3 is 2.52 bits per heavy atom. The van der Waals surface area contributed by atoms with Gasteiger partial charge in [-0.25, -0.2) is 0 Å². The number of aryl methyl sites for hydroxylation is 2. The molecule has 0 aliphatic carbocycles. The molecule has 3 aromatic rings. The average Bonchev–Trinajstić information content (AvgIpc) is 2.90. The summed E-state index contributed by atoms with van der Waals surface area (Å²) in [5, 5.41) is 9.94. The molecule has 1 aliphatic heterocycles. The molecule has 0 bridgehead atoms. The number of β-amino-alcohol motifs (C(OH)–C–C–N with tert-alkyl or cyclic N) is 1. The lowest BCUT2D eigenvalue weighted by molar-refractivity contribution is 0.0691. The van der Waals surface area contributed by atoms with Gasteiger partial charge in [0.15, 0.2) is 5.43 Å². The molecule has 1 aromatic heterocycles. The van der Waals surface area contributed by atoms with Gasteiger partial charge in [-0.1, -0.05) is 34.1 Å². The van der Waals surface area contributed by atoms with Crippen molar-refractivity contribution in [3.05, 3.63) is 79.1 Å². The van der Waals surface area contributed by atoms with Crippen LogP contribution in [0.3, 0.4) is 0 Å². The van der Waals surface area contributed by atoms with Crippen molar-refractivity contribution in [3.8, 4) is 0 Å². The molecule has 27 heavy (non-hydrogen) atoms. The van der Waals surface area contributed by atoms with Crippen molar-refractivity contribution >= 4 is 32.8 Å². The number of rotatable bonds is 3. The fourth-order valence-corrected chi connectivity index (χ4v) is 4.07. The molecule has 1 atom stereocenters. The van der Waals surface area contributed by atoms with Gasteiger partial charge in [-0.15, -0.1) is 0 Å². The molecule has 1 aliphatic rings. The first kappa shape index (κ1) is 17.9. The second kappa shape index (κ2) is 6.62. The number of hydrogen-bond acceptors (Lipinski definition) is 4. The Labute approximate surface area is 164 Å². The minimum atomic E-state index is -0.575. The summed E-state index contributed by atoms with van der Waals surface area (Å²) < 4.78 is 6.86. The summed E-state index contributed by atoms with van der Waals surface area (Å²) in [5.41, 5.74) is 3.17. The molecular weight excluding hydrogens is 410 g/mol. The second-order valence-electron chi connectivity index (χ2n) is 6.81. The fraction of sp³-hybridized carbons (Fsp3) is 0.238. The van der Waals surface area contributed by atoms with E-state index in [9.17, 15) is 14.7 Å². The number of carbonyl (C=O) groups excluding carboxylic acids is 1. The number of aliphatic hydroxyl groups is 1. The number of halogens is 1. The van der Waals surface area contributed by atoms with E-state index in [-0.39, 0.29) is 30.2 Å². The van der Waals surface area contributed by atoms with Crippen LogP contribution in [0.4, 0.5) is 0 Å². The summed E-state index contributed by atoms with van der Waals surface area (Å²) in [4.78, 5) is 27.8. The molecule has 1 N–H and O–H groups in total. The molecule has 2 heterocycles. The number of nitrogens with zero attached hydrogens (tertiary/aromatic N) is 1. The SMILES string of the molecule is Cc1cc(C)c2oc3c(c(=O)c2c1)C(c1ccc(Br)cc1)N(CCO)C3=O. The van der Waals surface area contributed by atoms with Crippen molar-refractivity contribution in [2.24, 2.45) is 0 Å². The average molecular weight is 428 g/mol. The van der Waals surface area contributed by atoms with Crippen LogP contribution in [-0.2, 0) is 0 Å². The van der Waals surface area contributed by atoms with Crippen LogP contribution in [0.2, 0.25) is 0 Å². The maximum atomic E-state index is 13.4. The normalized spacial score (nSPS) is 16.2. The van der Waals surface area contributed by atoms with Crippen molar-refractivity contribution in [2.45, 2.75) is 19.9 Å². The van der Waals surface area contributed by atoms with E-state index in [4.69, 9.17) is 4.42 Å². The van der Waals surface area contributed by atoms with Gasteiger partial charge in [0.2, 0.25) is 5.76 Å². The number of aliphatic hydroxyl groups excluding tert-OH is 1. The maximum absolute atomic E-state index is 13.4. The number of carbonyl (C=O) groups is 1. The van der Waals surface area contributed by atoms with E-state index >= 15 is 0 Å². The summed E-state index contributed by atoms with van der Waals surface area (Å²) in [6.45, 7) is 3.71. The van der Waals surface area contributed by atoms with E-state index in [1.165, 1.54) is 4.90 Å². The van der Waals surface area contributed by atoms with Gasteiger partial charge in [-0.3, -0.25) is 9.59 Å². The van der Waals surface area contributed by atoms with E-state index in [0.717, 1.165) is 21.2 Å². The van der Waals surface area contributed by atoms with Crippen molar-refractivity contribution in [1.29, 1.82) is 0 Å². The molecule has 0 saturated heterocycles. The summed E-state index contributed by atoms with van der Waals surface area (Å²) in [7, 11) is 0. The quantitative estimate of drug-likeness (QED) is 0.691. The van der Waals surface area contributed by atoms with Gasteiger partial charge in [-0.05, 0) is 48.7 Å². The van der Waals surface area contributed by atoms with Crippen LogP contribution >= 0.6 is 15.9 Å². The standard InChI is InChI=1S/C21H18BrNO4/c1-11-9-12(2)19-15(10-11)18(25)16-17(13-3-5-14(22)6-4-13)23(7-8-24)21(26)20(16)27-19/h3-6,9-10,17,24H,7-8H2,1-2H3. The molecule has 5 nitrogen and oxygen atoms in total. The van der Waals surface area contributed by atoms with Crippen LogP contribution in [-0.4, -0.2) is 29.1 Å². The minimum Gasteiger partial charge on any atom is -0.450 e. The molecule has 0 saturated carbocycles. The highest BCUT2D eigenvalue weighted by molar-refractivity contribution is 9.10. The summed E-state index contributed by atoms with van der Waals surface area (Å²) in [6, 6.07) is 10.6. The highest BCUT2D eigenvalue weighted by Crippen LogP contribution is 2.38. The lowest BCUT2D eigenvalue weighted by Crippen LogP contribution is -2.32. The van der Waals surface area contributed by atoms with Crippen molar-refractivity contribution in [2.75, 3.05) is 13.2 Å². The van der Waals surface area contributed by atoms with Gasteiger partial charge < -0.3 is 14.4 Å². The lowest BCUT2D eigenvalue weighted by Gasteiger charge is -2.24. The molecule has 0 fully saturated rings. The Balaban J connectivity index is 2.04. The van der Waals surface area contributed by atoms with Crippen molar-refractivity contribution < 1.29 is 14.3 Å². The van der Waals surface area contributed by atoms with Gasteiger partial charge in [0.25, 0.3) is 5.91 Å². The van der Waals surface area contributed by atoms with Crippen LogP contribution in [0, 0.1) is 13.8 Å². The fourth-order valence-electron chi connectivity index (χ4n) is 3.80. The zero-order chi connectivity index (χ0) is 19.3. The number of fused-ring (bicyclic) bond motifs is 2. The predicted molar refractivity (Wildman–Crippen MR) is 106 cm³/mol. The molecule has 6 heteroatoms. The zero-order valence-electron chi connectivity index (χ0n) is 15.0. The van der Waals surface area contributed by atoms with E-state index in [2.05, 4.69) is 15.9 Å². The lowest BCUT2D eigenvalue weighted by atomic mass is 9.97. The maximum Gasteiger partial charge on any atom is 0.290 e. The molecule has 0 radical (unpaired) electrons. The van der Waals surface area contributed by atoms with Gasteiger partial charge in [0, 0.05) is 11.0 Å². The molecule has 2 aromatic carbocycles. The zero-order valence-corrected chi connectivity index (χ0v) is 16.5. The molecule has 138 valence electrons. The van der Waals surface area contributed by atoms with Gasteiger partial charge >= 0.3 is 0 Å². The highest BCUT2D eigenvalue weighted by atomic mass is 79.9. The third-order valence-corrected chi connectivity index (χ3v) is 5.45. The molecule has 1 unspecified atom stereocenters. The van der Waals surface area contributed by atoms with Crippen LogP contribution in [0.25, 0.3) is 11.0 Å². The Morgan fingerprint density at radius 1 is 1.15 bits per heavy atom. The van der Waals surface area contributed by atoms with Crippen molar-refractivity contribution in [1.82, 2.24) is 4.90 Å². The van der Waals surface area contributed by atoms with Crippen LogP contribution in [0.15, 0.2) is 50.1 Å². The van der Waals surface area contributed by atoms with E-state index in [1.807, 2.05) is 44.2 Å². The third-order valence-electron chi connectivity index (χ3n) is 4.92. The monoisotopic (exact) mass is 427 g/mol. The van der Waals surface area contributed by atoms with Crippen LogP contribution in [0.1, 0.15) is 38.9 Å². The summed E-state index contributed by atoms with van der Waals surface area (Å²) in [5.74, 6) is -0.299. The Kier molecular flexibility index (Phi) is 4.40. The smallest absolute Gasteiger partial charge is 0.290 e. The number of amides is 1. The number of hydrogen-bond donors (Lipinski definition) is 1. The van der Waals surface area contributed by atoms with E-state index < -0.39 is 6.04 Å². The molecule has 1 amide bonds. The highest BCUT2D eigenvalue weighted by Gasteiger charge is 2.42. The molecule has 0 spiro atoms. The van der Waals surface area contributed by atoms with Gasteiger partial charge in [0.1, 0.15) is 5.58 Å².